The van der Waals surface area contributed by atoms with Crippen molar-refractivity contribution < 1.29 is 9.53 Å². The minimum absolute atomic E-state index is 0.00429. The highest BCUT2D eigenvalue weighted by Crippen LogP contribution is 2.37. The number of para-hydroxylation sites is 1. The first kappa shape index (κ1) is 20.9. The molecule has 1 amide bonds. The van der Waals surface area contributed by atoms with Crippen LogP contribution in [-0.4, -0.2) is 46.7 Å². The van der Waals surface area contributed by atoms with E-state index in [0.717, 1.165) is 11.3 Å². The van der Waals surface area contributed by atoms with E-state index in [1.54, 1.807) is 10.6 Å². The summed E-state index contributed by atoms with van der Waals surface area (Å²) in [5, 5.41) is 2.44. The minimum Gasteiger partial charge on any atom is -0.378 e. The van der Waals surface area contributed by atoms with E-state index in [-0.39, 0.29) is 11.5 Å². The fourth-order valence-electron chi connectivity index (χ4n) is 3.72. The Labute approximate surface area is 193 Å². The van der Waals surface area contributed by atoms with E-state index >= 15 is 0 Å². The highest BCUT2D eigenvalue weighted by atomic mass is 32.2. The van der Waals surface area contributed by atoms with Crippen LogP contribution in [0, 0.1) is 0 Å². The lowest BCUT2D eigenvalue weighted by Gasteiger charge is -2.30. The van der Waals surface area contributed by atoms with Gasteiger partial charge < -0.3 is 9.64 Å². The molecular weight excluding hydrogens is 442 g/mol. The number of rotatable bonds is 5. The number of thioether (sulfide) groups is 1. The fourth-order valence-corrected chi connectivity index (χ4v) is 5.73. The van der Waals surface area contributed by atoms with Crippen LogP contribution in [-0.2, 0) is 9.53 Å². The lowest BCUT2D eigenvalue weighted by Crippen LogP contribution is -2.42. The maximum atomic E-state index is 13.6. The number of fused-ring (bicyclic) bond motifs is 1. The van der Waals surface area contributed by atoms with Crippen LogP contribution in [0.1, 0.15) is 10.8 Å². The largest absolute Gasteiger partial charge is 0.378 e. The molecule has 32 heavy (non-hydrogen) atoms. The van der Waals surface area contributed by atoms with Gasteiger partial charge in [-0.25, -0.2) is 4.98 Å². The van der Waals surface area contributed by atoms with Gasteiger partial charge in [0.05, 0.1) is 24.3 Å². The van der Waals surface area contributed by atoms with Crippen LogP contribution >= 0.6 is 23.1 Å². The van der Waals surface area contributed by atoms with Gasteiger partial charge in [0.1, 0.15) is 10.1 Å². The van der Waals surface area contributed by atoms with E-state index in [4.69, 9.17) is 9.72 Å². The third kappa shape index (κ3) is 4.09. The second-order valence-corrected chi connectivity index (χ2v) is 9.32. The first-order chi connectivity index (χ1) is 15.7. The lowest BCUT2D eigenvalue weighted by molar-refractivity contribution is -0.134. The summed E-state index contributed by atoms with van der Waals surface area (Å²) in [6.45, 7) is 2.19. The van der Waals surface area contributed by atoms with E-state index in [0.29, 0.717) is 41.7 Å². The molecule has 162 valence electrons. The van der Waals surface area contributed by atoms with Crippen molar-refractivity contribution in [2.24, 2.45) is 0 Å². The smallest absolute Gasteiger partial charge is 0.267 e. The molecule has 0 N–H and O–H groups in total. The molecule has 1 atom stereocenters. The summed E-state index contributed by atoms with van der Waals surface area (Å²) >= 11 is 2.75. The summed E-state index contributed by atoms with van der Waals surface area (Å²) < 4.78 is 7.04. The number of hydrogen-bond acceptors (Lipinski definition) is 6. The van der Waals surface area contributed by atoms with Gasteiger partial charge in [-0.15, -0.1) is 11.3 Å². The lowest BCUT2D eigenvalue weighted by atomic mass is 10.1. The zero-order valence-electron chi connectivity index (χ0n) is 17.2. The molecular formula is C24H21N3O3S2. The van der Waals surface area contributed by atoms with Crippen LogP contribution in [0.5, 0.6) is 0 Å². The third-order valence-electron chi connectivity index (χ3n) is 5.35. The quantitative estimate of drug-likeness (QED) is 0.329. The molecule has 5 rings (SSSR count). The third-order valence-corrected chi connectivity index (χ3v) is 7.35. The molecule has 2 aromatic heterocycles. The van der Waals surface area contributed by atoms with Crippen molar-refractivity contribution in [2.75, 3.05) is 26.3 Å². The predicted molar refractivity (Wildman–Crippen MR) is 128 cm³/mol. The summed E-state index contributed by atoms with van der Waals surface area (Å²) in [5.41, 5.74) is 1.48. The second kappa shape index (κ2) is 9.28. The highest BCUT2D eigenvalue weighted by molar-refractivity contribution is 8.00. The van der Waals surface area contributed by atoms with Crippen molar-refractivity contribution in [1.82, 2.24) is 14.5 Å². The number of morpholine rings is 1. The number of benzene rings is 2. The molecule has 0 radical (unpaired) electrons. The number of amides is 1. The van der Waals surface area contributed by atoms with Crippen LogP contribution < -0.4 is 5.56 Å². The number of carbonyl (C=O) groups is 1. The summed E-state index contributed by atoms with van der Waals surface area (Å²) in [6.07, 6.45) is 0. The van der Waals surface area contributed by atoms with E-state index in [1.165, 1.54) is 23.1 Å². The number of ether oxygens (including phenoxy) is 1. The Kier molecular flexibility index (Phi) is 6.07. The average Bonchev–Trinajstić information content (AvgIpc) is 3.33. The molecule has 6 nitrogen and oxygen atoms in total. The zero-order valence-corrected chi connectivity index (χ0v) is 18.8. The van der Waals surface area contributed by atoms with Gasteiger partial charge in [0.2, 0.25) is 5.91 Å². The summed E-state index contributed by atoms with van der Waals surface area (Å²) in [6, 6.07) is 20.9. The Bertz CT molecular complexity index is 1280. The topological polar surface area (TPSA) is 64.4 Å². The molecule has 0 unspecified atom stereocenters. The highest BCUT2D eigenvalue weighted by Gasteiger charge is 2.30. The van der Waals surface area contributed by atoms with Crippen molar-refractivity contribution in [3.05, 3.63) is 88.0 Å². The molecule has 1 aliphatic rings. The van der Waals surface area contributed by atoms with Gasteiger partial charge >= 0.3 is 0 Å². The average molecular weight is 464 g/mol. The van der Waals surface area contributed by atoms with E-state index < -0.39 is 5.25 Å². The number of carbonyl (C=O) groups excluding carboxylic acids is 1. The molecule has 1 fully saturated rings. The monoisotopic (exact) mass is 463 g/mol. The Hall–Kier alpha value is -2.94. The van der Waals surface area contributed by atoms with Gasteiger partial charge in [0.15, 0.2) is 5.16 Å². The number of nitrogens with zero attached hydrogens (tertiary/aromatic N) is 3. The second-order valence-electron chi connectivity index (χ2n) is 7.36. The molecule has 1 saturated heterocycles. The minimum atomic E-state index is -0.520. The molecule has 1 aliphatic heterocycles. The van der Waals surface area contributed by atoms with Gasteiger partial charge in [0, 0.05) is 13.1 Å². The van der Waals surface area contributed by atoms with Crippen molar-refractivity contribution >= 4 is 39.2 Å². The standard InChI is InChI=1S/C24H21N3O3S2/c28-22-19-11-16-31-21(19)25-24(27(22)18-9-5-2-6-10-18)32-20(17-7-3-1-4-8-17)23(29)26-12-14-30-15-13-26/h1-11,16,20H,12-15H2/t20-/m0/s1. The molecule has 0 aliphatic carbocycles. The first-order valence-electron chi connectivity index (χ1n) is 10.4. The van der Waals surface area contributed by atoms with Crippen LogP contribution in [0.3, 0.4) is 0 Å². The molecule has 0 spiro atoms. The summed E-state index contributed by atoms with van der Waals surface area (Å²) in [4.78, 5) is 34.3. The van der Waals surface area contributed by atoms with Gasteiger partial charge in [-0.05, 0) is 29.1 Å². The molecule has 0 saturated carbocycles. The summed E-state index contributed by atoms with van der Waals surface area (Å²) in [7, 11) is 0. The van der Waals surface area contributed by atoms with Crippen molar-refractivity contribution in [1.29, 1.82) is 0 Å². The maximum Gasteiger partial charge on any atom is 0.267 e. The summed E-state index contributed by atoms with van der Waals surface area (Å²) in [5.74, 6) is 0.00429. The molecule has 3 heterocycles. The zero-order chi connectivity index (χ0) is 21.9. The van der Waals surface area contributed by atoms with Gasteiger partial charge in [-0.3, -0.25) is 14.2 Å². The molecule has 4 aromatic rings. The van der Waals surface area contributed by atoms with Crippen molar-refractivity contribution in [3.8, 4) is 5.69 Å². The van der Waals surface area contributed by atoms with E-state index in [2.05, 4.69) is 0 Å². The van der Waals surface area contributed by atoms with Crippen LogP contribution in [0.2, 0.25) is 0 Å². The maximum absolute atomic E-state index is 13.6. The Morgan fingerprint density at radius 2 is 1.69 bits per heavy atom. The number of thiophene rings is 1. The Morgan fingerprint density at radius 1 is 1.00 bits per heavy atom. The van der Waals surface area contributed by atoms with Crippen molar-refractivity contribution in [3.63, 3.8) is 0 Å². The van der Waals surface area contributed by atoms with Gasteiger partial charge in [-0.1, -0.05) is 60.3 Å². The predicted octanol–water partition coefficient (Wildman–Crippen LogP) is 4.14. The van der Waals surface area contributed by atoms with E-state index in [1.807, 2.05) is 70.9 Å². The Morgan fingerprint density at radius 3 is 2.41 bits per heavy atom. The van der Waals surface area contributed by atoms with E-state index in [9.17, 15) is 9.59 Å². The molecule has 8 heteroatoms. The number of aromatic nitrogens is 2. The Balaban J connectivity index is 1.62. The normalized spacial score (nSPS) is 15.1. The van der Waals surface area contributed by atoms with Crippen molar-refractivity contribution in [2.45, 2.75) is 10.4 Å². The van der Waals surface area contributed by atoms with Gasteiger partial charge in [-0.2, -0.15) is 0 Å². The molecule has 2 aromatic carbocycles. The molecule has 0 bridgehead atoms. The number of hydrogen-bond donors (Lipinski definition) is 0. The SMILES string of the molecule is O=C([C@@H](Sc1nc2sccc2c(=O)n1-c1ccccc1)c1ccccc1)N1CCOCC1. The first-order valence-corrected chi connectivity index (χ1v) is 12.1. The van der Waals surface area contributed by atoms with Gasteiger partial charge in [0.25, 0.3) is 5.56 Å². The van der Waals surface area contributed by atoms with Crippen LogP contribution in [0.4, 0.5) is 0 Å². The fraction of sp³-hybridized carbons (Fsp3) is 0.208. The van der Waals surface area contributed by atoms with Crippen LogP contribution in [0.15, 0.2) is 82.1 Å². The van der Waals surface area contributed by atoms with Crippen LogP contribution in [0.25, 0.3) is 15.9 Å².